The van der Waals surface area contributed by atoms with Crippen molar-refractivity contribution in [3.63, 3.8) is 0 Å². The fourth-order valence-electron chi connectivity index (χ4n) is 2.63. The number of para-hydroxylation sites is 2. The fraction of sp³-hybridized carbons (Fsp3) is 0.150. The van der Waals surface area contributed by atoms with Crippen molar-refractivity contribution < 1.29 is 29.0 Å². The number of hydrogen-bond acceptors (Lipinski definition) is 5. The lowest BCUT2D eigenvalue weighted by Crippen LogP contribution is -2.35. The number of aliphatic carboxylic acids is 1. The monoisotopic (exact) mass is 382 g/mol. The lowest BCUT2D eigenvalue weighted by molar-refractivity contribution is -0.144. The van der Waals surface area contributed by atoms with Crippen molar-refractivity contribution in [1.29, 1.82) is 0 Å². The van der Waals surface area contributed by atoms with Crippen LogP contribution in [-0.4, -0.2) is 36.1 Å². The van der Waals surface area contributed by atoms with Gasteiger partial charge in [-0.05, 0) is 31.2 Å². The predicted octanol–water partition coefficient (Wildman–Crippen LogP) is 2.01. The Morgan fingerprint density at radius 2 is 1.86 bits per heavy atom. The number of rotatable bonds is 6. The Hall–Kier alpha value is -3.81. The summed E-state index contributed by atoms with van der Waals surface area (Å²) in [5, 5.41) is 10.3. The highest BCUT2D eigenvalue weighted by Gasteiger charge is 2.34. The first-order valence-electron chi connectivity index (χ1n) is 8.41. The van der Waals surface area contributed by atoms with Crippen molar-refractivity contribution in [2.45, 2.75) is 13.0 Å². The topological polar surface area (TPSA) is 105 Å². The van der Waals surface area contributed by atoms with Crippen molar-refractivity contribution in [3.05, 3.63) is 59.7 Å². The summed E-state index contributed by atoms with van der Waals surface area (Å²) in [4.78, 5) is 36.2. The van der Waals surface area contributed by atoms with Gasteiger partial charge in [-0.3, -0.25) is 15.0 Å². The van der Waals surface area contributed by atoms with E-state index in [1.807, 2.05) is 0 Å². The van der Waals surface area contributed by atoms with E-state index in [0.717, 1.165) is 5.01 Å². The first-order chi connectivity index (χ1) is 13.4. The summed E-state index contributed by atoms with van der Waals surface area (Å²) in [6.07, 6.45) is 0.204. The van der Waals surface area contributed by atoms with E-state index in [4.69, 9.17) is 14.6 Å². The van der Waals surface area contributed by atoms with Crippen molar-refractivity contribution in [1.82, 2.24) is 5.43 Å². The van der Waals surface area contributed by atoms with Crippen LogP contribution in [-0.2, 0) is 14.4 Å². The number of nitrogens with one attached hydrogen (secondary N) is 1. The number of ether oxygens (including phenoxy) is 2. The summed E-state index contributed by atoms with van der Waals surface area (Å²) in [5.74, 6) is -1.85. The van der Waals surface area contributed by atoms with E-state index in [-0.39, 0.29) is 17.1 Å². The number of methoxy groups -OCH3 is 1. The molecule has 0 aliphatic carbocycles. The van der Waals surface area contributed by atoms with Crippen LogP contribution in [0.2, 0.25) is 0 Å². The number of carboxylic acids is 1. The number of carbonyl (C=O) groups is 3. The SMILES string of the molecule is COc1cccc(/C=C2/C(=O)NN(c3ccccc3)C2=O)c1O[C@H](C)C(=O)O. The smallest absolute Gasteiger partial charge is 0.344 e. The minimum Gasteiger partial charge on any atom is -0.493 e. The first kappa shape index (κ1) is 19.0. The molecule has 0 bridgehead atoms. The van der Waals surface area contributed by atoms with Crippen molar-refractivity contribution in [3.8, 4) is 11.5 Å². The first-order valence-corrected chi connectivity index (χ1v) is 8.41. The van der Waals surface area contributed by atoms with E-state index in [9.17, 15) is 14.4 Å². The number of carboxylic acid groups (broad SMARTS) is 1. The summed E-state index contributed by atoms with van der Waals surface area (Å²) in [6.45, 7) is 1.37. The van der Waals surface area contributed by atoms with E-state index in [1.54, 1.807) is 48.5 Å². The van der Waals surface area contributed by atoms with Gasteiger partial charge in [0.25, 0.3) is 11.8 Å². The molecule has 2 amide bonds. The minimum absolute atomic E-state index is 0.107. The molecule has 0 aromatic heterocycles. The van der Waals surface area contributed by atoms with Gasteiger partial charge >= 0.3 is 5.97 Å². The normalized spacial score (nSPS) is 16.1. The largest absolute Gasteiger partial charge is 0.493 e. The highest BCUT2D eigenvalue weighted by atomic mass is 16.5. The number of benzene rings is 2. The molecule has 1 aliphatic heterocycles. The third-order valence-corrected chi connectivity index (χ3v) is 4.08. The third-order valence-electron chi connectivity index (χ3n) is 4.08. The molecule has 2 aromatic carbocycles. The van der Waals surface area contributed by atoms with Gasteiger partial charge in [0.2, 0.25) is 0 Å². The molecule has 2 N–H and O–H groups in total. The van der Waals surface area contributed by atoms with Crippen LogP contribution < -0.4 is 19.9 Å². The maximum absolute atomic E-state index is 12.7. The molecule has 8 nitrogen and oxygen atoms in total. The molecule has 1 heterocycles. The average Bonchev–Trinajstić information content (AvgIpc) is 2.97. The van der Waals surface area contributed by atoms with Crippen molar-refractivity contribution in [2.24, 2.45) is 0 Å². The molecular weight excluding hydrogens is 364 g/mol. The Bertz CT molecular complexity index is 954. The quantitative estimate of drug-likeness (QED) is 0.585. The Kier molecular flexibility index (Phi) is 5.30. The van der Waals surface area contributed by atoms with E-state index >= 15 is 0 Å². The van der Waals surface area contributed by atoms with E-state index < -0.39 is 23.9 Å². The molecule has 1 saturated heterocycles. The van der Waals surface area contributed by atoms with Crippen LogP contribution >= 0.6 is 0 Å². The molecule has 0 saturated carbocycles. The fourth-order valence-corrected chi connectivity index (χ4v) is 2.63. The van der Waals surface area contributed by atoms with E-state index in [0.29, 0.717) is 11.3 Å². The van der Waals surface area contributed by atoms with Gasteiger partial charge in [-0.2, -0.15) is 0 Å². The van der Waals surface area contributed by atoms with Gasteiger partial charge in [-0.1, -0.05) is 30.3 Å². The van der Waals surface area contributed by atoms with Crippen LogP contribution in [0.4, 0.5) is 5.69 Å². The standard InChI is InChI=1S/C20H18N2O6/c1-12(20(25)26)28-17-13(7-6-10-16(17)27-2)11-15-18(23)21-22(19(15)24)14-8-4-3-5-9-14/h3-12H,1-2H3,(H,21,23)(H,25,26)/b15-11-/t12-/m1/s1. The van der Waals surface area contributed by atoms with E-state index in [2.05, 4.69) is 5.43 Å². The number of carbonyl (C=O) groups excluding carboxylic acids is 2. The molecular formula is C20H18N2O6. The van der Waals surface area contributed by atoms with Gasteiger partial charge in [0.05, 0.1) is 12.8 Å². The molecule has 0 radical (unpaired) electrons. The summed E-state index contributed by atoms with van der Waals surface area (Å²) >= 11 is 0. The molecule has 1 atom stereocenters. The summed E-state index contributed by atoms with van der Waals surface area (Å²) in [7, 11) is 1.41. The average molecular weight is 382 g/mol. The Labute approximate surface area is 160 Å². The van der Waals surface area contributed by atoms with Crippen LogP contribution in [0, 0.1) is 0 Å². The van der Waals surface area contributed by atoms with Gasteiger partial charge < -0.3 is 14.6 Å². The molecule has 144 valence electrons. The Balaban J connectivity index is 2.00. The number of hydrazine groups is 1. The molecule has 2 aromatic rings. The molecule has 28 heavy (non-hydrogen) atoms. The predicted molar refractivity (Wildman–Crippen MR) is 101 cm³/mol. The lowest BCUT2D eigenvalue weighted by atomic mass is 10.1. The van der Waals surface area contributed by atoms with Gasteiger partial charge in [-0.25, -0.2) is 9.80 Å². The van der Waals surface area contributed by atoms with Crippen LogP contribution in [0.1, 0.15) is 12.5 Å². The second kappa shape index (κ2) is 7.83. The molecule has 8 heteroatoms. The maximum Gasteiger partial charge on any atom is 0.344 e. The van der Waals surface area contributed by atoms with Gasteiger partial charge in [0, 0.05) is 5.56 Å². The Morgan fingerprint density at radius 3 is 2.50 bits per heavy atom. The number of hydrogen-bond donors (Lipinski definition) is 2. The second-order valence-corrected chi connectivity index (χ2v) is 5.95. The van der Waals surface area contributed by atoms with Crippen molar-refractivity contribution in [2.75, 3.05) is 12.1 Å². The molecule has 0 unspecified atom stereocenters. The zero-order valence-electron chi connectivity index (χ0n) is 15.2. The summed E-state index contributed by atoms with van der Waals surface area (Å²) < 4.78 is 10.7. The van der Waals surface area contributed by atoms with Crippen LogP contribution in [0.15, 0.2) is 54.1 Å². The van der Waals surface area contributed by atoms with Crippen LogP contribution in [0.25, 0.3) is 6.08 Å². The zero-order valence-corrected chi connectivity index (χ0v) is 15.2. The Morgan fingerprint density at radius 1 is 1.14 bits per heavy atom. The maximum atomic E-state index is 12.7. The van der Waals surface area contributed by atoms with Gasteiger partial charge in [0.1, 0.15) is 5.57 Å². The van der Waals surface area contributed by atoms with Crippen LogP contribution in [0.3, 0.4) is 0 Å². The van der Waals surface area contributed by atoms with Gasteiger partial charge in [0.15, 0.2) is 17.6 Å². The molecule has 3 rings (SSSR count). The molecule has 1 fully saturated rings. The minimum atomic E-state index is -1.16. The summed E-state index contributed by atoms with van der Waals surface area (Å²) in [6, 6.07) is 13.5. The number of nitrogens with zero attached hydrogens (tertiary/aromatic N) is 1. The highest BCUT2D eigenvalue weighted by molar-refractivity contribution is 6.31. The zero-order chi connectivity index (χ0) is 20.3. The molecule has 0 spiro atoms. The highest BCUT2D eigenvalue weighted by Crippen LogP contribution is 2.34. The van der Waals surface area contributed by atoms with Crippen LogP contribution in [0.5, 0.6) is 11.5 Å². The van der Waals surface area contributed by atoms with Gasteiger partial charge in [-0.15, -0.1) is 0 Å². The molecule has 1 aliphatic rings. The second-order valence-electron chi connectivity index (χ2n) is 5.95. The number of amides is 2. The lowest BCUT2D eigenvalue weighted by Gasteiger charge is -2.16. The van der Waals surface area contributed by atoms with E-state index in [1.165, 1.54) is 20.1 Å². The summed E-state index contributed by atoms with van der Waals surface area (Å²) in [5.41, 5.74) is 3.27. The third kappa shape index (κ3) is 3.66. The van der Waals surface area contributed by atoms with Crippen molar-refractivity contribution >= 4 is 29.5 Å². The number of anilines is 1.